The van der Waals surface area contributed by atoms with Crippen LogP contribution in [0.1, 0.15) is 15.9 Å². The van der Waals surface area contributed by atoms with Gasteiger partial charge in [0.25, 0.3) is 5.91 Å². The fourth-order valence-corrected chi connectivity index (χ4v) is 3.80. The van der Waals surface area contributed by atoms with Crippen molar-refractivity contribution in [2.45, 2.75) is 13.5 Å². The van der Waals surface area contributed by atoms with Crippen LogP contribution in [0.5, 0.6) is 0 Å². The molecular formula is C18H13BrN2OS. The molecule has 0 spiro atoms. The monoisotopic (exact) mass is 384 g/mol. The topological polar surface area (TPSA) is 34.4 Å². The molecule has 0 N–H and O–H groups in total. The summed E-state index contributed by atoms with van der Waals surface area (Å²) in [5.41, 5.74) is 2.66. The number of carbonyl (C=O) groups excluding carboxylic acids is 1. The first-order valence-corrected chi connectivity index (χ1v) is 8.57. The number of thiazole rings is 1. The van der Waals surface area contributed by atoms with Gasteiger partial charge < -0.3 is 4.57 Å². The Labute approximate surface area is 146 Å². The van der Waals surface area contributed by atoms with Gasteiger partial charge in [-0.1, -0.05) is 50.9 Å². The number of rotatable bonds is 2. The number of carbonyl (C=O) groups is 1. The Balaban J connectivity index is 2.14. The number of benzene rings is 2. The predicted molar refractivity (Wildman–Crippen MR) is 97.4 cm³/mol. The van der Waals surface area contributed by atoms with Gasteiger partial charge in [0.15, 0.2) is 4.80 Å². The lowest BCUT2D eigenvalue weighted by Crippen LogP contribution is -2.16. The van der Waals surface area contributed by atoms with Crippen molar-refractivity contribution in [3.63, 3.8) is 0 Å². The smallest absolute Gasteiger partial charge is 0.279 e. The zero-order valence-electron chi connectivity index (χ0n) is 12.4. The molecule has 2 aromatic carbocycles. The minimum Gasteiger partial charge on any atom is -0.305 e. The van der Waals surface area contributed by atoms with Crippen LogP contribution in [-0.4, -0.2) is 10.5 Å². The predicted octanol–water partition coefficient (Wildman–Crippen LogP) is 4.15. The van der Waals surface area contributed by atoms with E-state index in [9.17, 15) is 4.79 Å². The molecular weight excluding hydrogens is 372 g/mol. The summed E-state index contributed by atoms with van der Waals surface area (Å²) in [6, 6.07) is 13.3. The maximum Gasteiger partial charge on any atom is 0.279 e. The van der Waals surface area contributed by atoms with Gasteiger partial charge in [-0.05, 0) is 37.3 Å². The molecule has 0 saturated heterocycles. The zero-order valence-corrected chi connectivity index (χ0v) is 14.8. The maximum absolute atomic E-state index is 12.4. The van der Waals surface area contributed by atoms with Gasteiger partial charge >= 0.3 is 0 Å². The van der Waals surface area contributed by atoms with Crippen molar-refractivity contribution in [2.75, 3.05) is 0 Å². The highest BCUT2D eigenvalue weighted by atomic mass is 79.9. The SMILES string of the molecule is C#CCn1c(=NC(=O)c2ccc(C)cc2)sc2cc(Br)ccc21. The second-order valence-corrected chi connectivity index (χ2v) is 6.99. The van der Waals surface area contributed by atoms with Crippen LogP contribution in [0.3, 0.4) is 0 Å². The molecule has 23 heavy (non-hydrogen) atoms. The molecule has 0 aliphatic rings. The van der Waals surface area contributed by atoms with Gasteiger partial charge in [-0.15, -0.1) is 6.42 Å². The summed E-state index contributed by atoms with van der Waals surface area (Å²) in [6.07, 6.45) is 5.47. The van der Waals surface area contributed by atoms with Crippen LogP contribution in [0, 0.1) is 19.3 Å². The number of halogens is 1. The minimum absolute atomic E-state index is 0.263. The molecule has 0 radical (unpaired) electrons. The third-order valence-corrected chi connectivity index (χ3v) is 4.92. The number of fused-ring (bicyclic) bond motifs is 1. The Bertz CT molecular complexity index is 991. The van der Waals surface area contributed by atoms with Crippen molar-refractivity contribution in [1.82, 2.24) is 4.57 Å². The van der Waals surface area contributed by atoms with E-state index in [1.807, 2.05) is 41.8 Å². The maximum atomic E-state index is 12.4. The van der Waals surface area contributed by atoms with Gasteiger partial charge in [0, 0.05) is 10.0 Å². The van der Waals surface area contributed by atoms with E-state index in [1.165, 1.54) is 11.3 Å². The molecule has 3 aromatic rings. The lowest BCUT2D eigenvalue weighted by Gasteiger charge is -2.00. The number of aryl methyl sites for hydroxylation is 1. The molecule has 1 heterocycles. The Morgan fingerprint density at radius 3 is 2.74 bits per heavy atom. The highest BCUT2D eigenvalue weighted by Gasteiger charge is 2.09. The Hall–Kier alpha value is -2.16. The molecule has 1 amide bonds. The number of terminal acetylenes is 1. The van der Waals surface area contributed by atoms with E-state index in [2.05, 4.69) is 26.8 Å². The Morgan fingerprint density at radius 1 is 1.30 bits per heavy atom. The van der Waals surface area contributed by atoms with Crippen LogP contribution in [0.15, 0.2) is 51.9 Å². The molecule has 5 heteroatoms. The van der Waals surface area contributed by atoms with E-state index in [0.717, 1.165) is 20.3 Å². The normalized spacial score (nSPS) is 11.6. The first-order valence-electron chi connectivity index (χ1n) is 6.96. The van der Waals surface area contributed by atoms with E-state index in [1.54, 1.807) is 12.1 Å². The molecule has 0 bridgehead atoms. The molecule has 114 valence electrons. The van der Waals surface area contributed by atoms with E-state index in [-0.39, 0.29) is 5.91 Å². The number of hydrogen-bond donors (Lipinski definition) is 0. The molecule has 0 atom stereocenters. The highest BCUT2D eigenvalue weighted by molar-refractivity contribution is 9.10. The Morgan fingerprint density at radius 2 is 2.04 bits per heavy atom. The van der Waals surface area contributed by atoms with E-state index in [0.29, 0.717) is 16.9 Å². The second-order valence-electron chi connectivity index (χ2n) is 5.07. The summed E-state index contributed by atoms with van der Waals surface area (Å²) in [5, 5.41) is 0. The van der Waals surface area contributed by atoms with Gasteiger partial charge in [0.05, 0.1) is 16.8 Å². The summed E-state index contributed by atoms with van der Waals surface area (Å²) in [6.45, 7) is 2.36. The average Bonchev–Trinajstić information content (AvgIpc) is 2.85. The summed E-state index contributed by atoms with van der Waals surface area (Å²) in [7, 11) is 0. The summed E-state index contributed by atoms with van der Waals surface area (Å²) in [5.74, 6) is 2.36. The van der Waals surface area contributed by atoms with Gasteiger partial charge in [-0.25, -0.2) is 0 Å². The van der Waals surface area contributed by atoms with Crippen LogP contribution < -0.4 is 4.80 Å². The number of hydrogen-bond acceptors (Lipinski definition) is 2. The fraction of sp³-hybridized carbons (Fsp3) is 0.111. The van der Waals surface area contributed by atoms with Crippen molar-refractivity contribution in [1.29, 1.82) is 0 Å². The van der Waals surface area contributed by atoms with Crippen molar-refractivity contribution in [2.24, 2.45) is 4.99 Å². The summed E-state index contributed by atoms with van der Waals surface area (Å²) >= 11 is 4.91. The largest absolute Gasteiger partial charge is 0.305 e. The second kappa shape index (κ2) is 6.53. The molecule has 3 rings (SSSR count). The van der Waals surface area contributed by atoms with Crippen molar-refractivity contribution in [3.8, 4) is 12.3 Å². The molecule has 3 nitrogen and oxygen atoms in total. The van der Waals surface area contributed by atoms with Crippen LogP contribution in [0.4, 0.5) is 0 Å². The van der Waals surface area contributed by atoms with Gasteiger partial charge in [0.1, 0.15) is 0 Å². The molecule has 0 saturated carbocycles. The molecule has 0 aliphatic heterocycles. The third-order valence-electron chi connectivity index (χ3n) is 3.39. The molecule has 0 unspecified atom stereocenters. The third kappa shape index (κ3) is 3.29. The summed E-state index contributed by atoms with van der Waals surface area (Å²) < 4.78 is 3.90. The highest BCUT2D eigenvalue weighted by Crippen LogP contribution is 2.22. The van der Waals surface area contributed by atoms with Gasteiger partial charge in [-0.2, -0.15) is 4.99 Å². The van der Waals surface area contributed by atoms with Crippen LogP contribution in [-0.2, 0) is 6.54 Å². The van der Waals surface area contributed by atoms with Gasteiger partial charge in [-0.3, -0.25) is 4.79 Å². The van der Waals surface area contributed by atoms with Crippen molar-refractivity contribution >= 4 is 43.4 Å². The van der Waals surface area contributed by atoms with E-state index in [4.69, 9.17) is 6.42 Å². The van der Waals surface area contributed by atoms with Crippen LogP contribution >= 0.6 is 27.3 Å². The van der Waals surface area contributed by atoms with Crippen molar-refractivity contribution < 1.29 is 4.79 Å². The quantitative estimate of drug-likeness (QED) is 0.611. The first kappa shape index (κ1) is 15.7. The van der Waals surface area contributed by atoms with Gasteiger partial charge in [0.2, 0.25) is 0 Å². The minimum atomic E-state index is -0.263. The molecule has 0 aliphatic carbocycles. The van der Waals surface area contributed by atoms with E-state index < -0.39 is 0 Å². The Kier molecular flexibility index (Phi) is 4.46. The van der Waals surface area contributed by atoms with E-state index >= 15 is 0 Å². The first-order chi connectivity index (χ1) is 11.1. The lowest BCUT2D eigenvalue weighted by molar-refractivity contribution is 0.0998. The molecule has 0 fully saturated rings. The van der Waals surface area contributed by atoms with Crippen LogP contribution in [0.2, 0.25) is 0 Å². The molecule has 1 aromatic heterocycles. The summed E-state index contributed by atoms with van der Waals surface area (Å²) in [4.78, 5) is 17.3. The standard InChI is InChI=1S/C18H13BrN2OS/c1-3-10-21-15-9-8-14(19)11-16(15)23-18(21)20-17(22)13-6-4-12(2)5-7-13/h1,4-9,11H,10H2,2H3. The number of amides is 1. The zero-order chi connectivity index (χ0) is 16.4. The fourth-order valence-electron chi connectivity index (χ4n) is 2.22. The lowest BCUT2D eigenvalue weighted by atomic mass is 10.1. The average molecular weight is 385 g/mol. The van der Waals surface area contributed by atoms with Crippen LogP contribution in [0.25, 0.3) is 10.2 Å². The number of aromatic nitrogens is 1. The van der Waals surface area contributed by atoms with Crippen molar-refractivity contribution in [3.05, 3.63) is 62.9 Å². The number of nitrogens with zero attached hydrogens (tertiary/aromatic N) is 2.